The summed E-state index contributed by atoms with van der Waals surface area (Å²) in [5.41, 5.74) is 0. The molecule has 0 aromatic rings. The molecule has 0 radical (unpaired) electrons. The van der Waals surface area contributed by atoms with E-state index in [1.807, 2.05) is 0 Å². The minimum Gasteiger partial charge on any atom is -0.353 e. The lowest BCUT2D eigenvalue weighted by atomic mass is 10.5. The van der Waals surface area contributed by atoms with Gasteiger partial charge in [0.15, 0.2) is 0 Å². The van der Waals surface area contributed by atoms with Crippen LogP contribution in [-0.4, -0.2) is 56.6 Å². The number of nitrogens with one attached hydrogen (secondary N) is 3. The molecule has 3 N–H and O–H groups in total. The number of nitrogens with zero attached hydrogens (tertiary/aromatic N) is 1. The Morgan fingerprint density at radius 3 is 2.38 bits per heavy atom. The summed E-state index contributed by atoms with van der Waals surface area (Å²) in [7, 11) is 3.35. The first kappa shape index (κ1) is 12.8. The van der Waals surface area contributed by atoms with Gasteiger partial charge in [0.25, 0.3) is 0 Å². The van der Waals surface area contributed by atoms with Crippen LogP contribution in [0, 0.1) is 0 Å². The Labute approximate surface area is 95.8 Å². The topological polar surface area (TPSA) is 73.5 Å². The minimum absolute atomic E-state index is 0.0222. The molecule has 0 aliphatic heterocycles. The second-order valence-electron chi connectivity index (χ2n) is 4.13. The van der Waals surface area contributed by atoms with Crippen LogP contribution in [0.2, 0.25) is 0 Å². The molecular weight excluding hydrogens is 208 g/mol. The summed E-state index contributed by atoms with van der Waals surface area (Å²) in [6.45, 7) is 1.28. The first-order valence-corrected chi connectivity index (χ1v) is 5.55. The van der Waals surface area contributed by atoms with Crippen molar-refractivity contribution in [2.24, 2.45) is 0 Å². The molecule has 1 aliphatic rings. The quantitative estimate of drug-likeness (QED) is 0.517. The van der Waals surface area contributed by atoms with Crippen LogP contribution in [0.3, 0.4) is 0 Å². The third kappa shape index (κ3) is 5.55. The van der Waals surface area contributed by atoms with Crippen LogP contribution in [0.15, 0.2) is 0 Å². The maximum atomic E-state index is 11.3. The van der Waals surface area contributed by atoms with Gasteiger partial charge in [-0.2, -0.15) is 0 Å². The summed E-state index contributed by atoms with van der Waals surface area (Å²) >= 11 is 0. The molecule has 1 saturated carbocycles. The van der Waals surface area contributed by atoms with Gasteiger partial charge in [-0.25, -0.2) is 4.79 Å². The molecule has 3 amide bonds. The molecule has 92 valence electrons. The van der Waals surface area contributed by atoms with E-state index >= 15 is 0 Å². The van der Waals surface area contributed by atoms with Crippen LogP contribution in [0.1, 0.15) is 12.8 Å². The lowest BCUT2D eigenvalue weighted by Crippen LogP contribution is -2.41. The number of amides is 3. The van der Waals surface area contributed by atoms with E-state index in [0.29, 0.717) is 25.7 Å². The van der Waals surface area contributed by atoms with Gasteiger partial charge in [0.1, 0.15) is 0 Å². The Bertz CT molecular complexity index is 251. The highest BCUT2D eigenvalue weighted by Crippen LogP contribution is 2.17. The summed E-state index contributed by atoms with van der Waals surface area (Å²) in [4.78, 5) is 23.8. The van der Waals surface area contributed by atoms with Crippen molar-refractivity contribution in [1.29, 1.82) is 0 Å². The molecule has 0 atom stereocenters. The van der Waals surface area contributed by atoms with Crippen LogP contribution in [0.4, 0.5) is 4.79 Å². The third-order valence-electron chi connectivity index (χ3n) is 2.26. The zero-order chi connectivity index (χ0) is 12.0. The van der Waals surface area contributed by atoms with E-state index in [1.165, 1.54) is 17.7 Å². The fraction of sp³-hybridized carbons (Fsp3) is 0.800. The van der Waals surface area contributed by atoms with E-state index in [9.17, 15) is 9.59 Å². The van der Waals surface area contributed by atoms with Gasteiger partial charge in [0.2, 0.25) is 5.91 Å². The van der Waals surface area contributed by atoms with Gasteiger partial charge >= 0.3 is 6.03 Å². The SMILES string of the molecule is CN(C)C(=O)NCCNC(=O)CNC1CC1. The van der Waals surface area contributed by atoms with Crippen LogP contribution in [0.25, 0.3) is 0 Å². The molecule has 6 nitrogen and oxygen atoms in total. The highest BCUT2D eigenvalue weighted by molar-refractivity contribution is 5.78. The Kier molecular flexibility index (Phi) is 5.04. The van der Waals surface area contributed by atoms with Gasteiger partial charge in [-0.1, -0.05) is 0 Å². The Hall–Kier alpha value is -1.30. The Morgan fingerprint density at radius 2 is 1.81 bits per heavy atom. The molecule has 1 rings (SSSR count). The molecule has 1 aliphatic carbocycles. The van der Waals surface area contributed by atoms with Gasteiger partial charge in [0, 0.05) is 33.2 Å². The summed E-state index contributed by atoms with van der Waals surface area (Å²) in [5.74, 6) is -0.0222. The van der Waals surface area contributed by atoms with Crippen molar-refractivity contribution in [2.45, 2.75) is 18.9 Å². The maximum Gasteiger partial charge on any atom is 0.316 e. The first-order chi connectivity index (χ1) is 7.59. The lowest BCUT2D eigenvalue weighted by molar-refractivity contribution is -0.120. The summed E-state index contributed by atoms with van der Waals surface area (Å²) < 4.78 is 0. The number of rotatable bonds is 6. The smallest absolute Gasteiger partial charge is 0.316 e. The standard InChI is InChI=1S/C10H20N4O2/c1-14(2)10(16)12-6-5-11-9(15)7-13-8-3-4-8/h8,13H,3-7H2,1-2H3,(H,11,15)(H,12,16). The molecule has 0 bridgehead atoms. The van der Waals surface area contributed by atoms with Gasteiger partial charge in [0.05, 0.1) is 6.54 Å². The highest BCUT2D eigenvalue weighted by Gasteiger charge is 2.20. The van der Waals surface area contributed by atoms with E-state index in [2.05, 4.69) is 16.0 Å². The predicted octanol–water partition coefficient (Wildman–Crippen LogP) is -0.874. The molecule has 1 fully saturated rings. The van der Waals surface area contributed by atoms with Crippen LogP contribution in [0.5, 0.6) is 0 Å². The minimum atomic E-state index is -0.148. The predicted molar refractivity (Wildman–Crippen MR) is 61.1 cm³/mol. The van der Waals surface area contributed by atoms with E-state index in [-0.39, 0.29) is 11.9 Å². The van der Waals surface area contributed by atoms with Crippen molar-refractivity contribution in [3.63, 3.8) is 0 Å². The monoisotopic (exact) mass is 228 g/mol. The molecule has 16 heavy (non-hydrogen) atoms. The van der Waals surface area contributed by atoms with Crippen LogP contribution >= 0.6 is 0 Å². The molecule has 0 aromatic heterocycles. The molecule has 0 spiro atoms. The van der Waals surface area contributed by atoms with Crippen molar-refractivity contribution < 1.29 is 9.59 Å². The molecule has 0 aromatic carbocycles. The highest BCUT2D eigenvalue weighted by atomic mass is 16.2. The zero-order valence-electron chi connectivity index (χ0n) is 9.88. The average Bonchev–Trinajstić information content (AvgIpc) is 3.04. The second kappa shape index (κ2) is 6.32. The fourth-order valence-electron chi connectivity index (χ4n) is 1.12. The van der Waals surface area contributed by atoms with Crippen molar-refractivity contribution in [3.8, 4) is 0 Å². The van der Waals surface area contributed by atoms with Crippen molar-refractivity contribution in [3.05, 3.63) is 0 Å². The number of hydrogen-bond acceptors (Lipinski definition) is 3. The van der Waals surface area contributed by atoms with E-state index in [0.717, 1.165) is 0 Å². The average molecular weight is 228 g/mol. The van der Waals surface area contributed by atoms with Crippen LogP contribution < -0.4 is 16.0 Å². The molecular formula is C10H20N4O2. The van der Waals surface area contributed by atoms with Crippen molar-refractivity contribution >= 4 is 11.9 Å². The Balaban J connectivity index is 1.93. The first-order valence-electron chi connectivity index (χ1n) is 5.55. The molecule has 0 unspecified atom stereocenters. The van der Waals surface area contributed by atoms with E-state index in [1.54, 1.807) is 14.1 Å². The van der Waals surface area contributed by atoms with Gasteiger partial charge in [-0.3, -0.25) is 4.79 Å². The second-order valence-corrected chi connectivity index (χ2v) is 4.13. The van der Waals surface area contributed by atoms with E-state index < -0.39 is 0 Å². The fourth-order valence-corrected chi connectivity index (χ4v) is 1.12. The van der Waals surface area contributed by atoms with Crippen LogP contribution in [-0.2, 0) is 4.79 Å². The van der Waals surface area contributed by atoms with Gasteiger partial charge in [-0.15, -0.1) is 0 Å². The van der Waals surface area contributed by atoms with Crippen molar-refractivity contribution in [2.75, 3.05) is 33.7 Å². The van der Waals surface area contributed by atoms with Gasteiger partial charge < -0.3 is 20.9 Å². The third-order valence-corrected chi connectivity index (χ3v) is 2.26. The largest absolute Gasteiger partial charge is 0.353 e. The van der Waals surface area contributed by atoms with Gasteiger partial charge in [-0.05, 0) is 12.8 Å². The number of carbonyl (C=O) groups excluding carboxylic acids is 2. The normalized spacial score (nSPS) is 14.4. The summed E-state index contributed by atoms with van der Waals surface area (Å²) in [5, 5.41) is 8.51. The Morgan fingerprint density at radius 1 is 1.19 bits per heavy atom. The summed E-state index contributed by atoms with van der Waals surface area (Å²) in [6, 6.07) is 0.393. The number of urea groups is 1. The lowest BCUT2D eigenvalue weighted by Gasteiger charge is -2.12. The molecule has 0 saturated heterocycles. The maximum absolute atomic E-state index is 11.3. The molecule has 0 heterocycles. The van der Waals surface area contributed by atoms with E-state index in [4.69, 9.17) is 0 Å². The zero-order valence-corrected chi connectivity index (χ0v) is 9.88. The number of carbonyl (C=O) groups is 2. The summed E-state index contributed by atoms with van der Waals surface area (Å²) in [6.07, 6.45) is 2.35. The number of hydrogen-bond donors (Lipinski definition) is 3. The van der Waals surface area contributed by atoms with Crippen molar-refractivity contribution in [1.82, 2.24) is 20.9 Å². The molecule has 6 heteroatoms.